The van der Waals surface area contributed by atoms with Crippen molar-refractivity contribution in [1.82, 2.24) is 0 Å². The second-order valence-corrected chi connectivity index (χ2v) is 4.45. The van der Waals surface area contributed by atoms with E-state index in [1.165, 1.54) is 20.8 Å². The number of hydrogen-bond donors (Lipinski definition) is 0. The first-order chi connectivity index (χ1) is 7.26. The average molecular weight is 266 g/mol. The van der Waals surface area contributed by atoms with Gasteiger partial charge in [-0.2, -0.15) is 26.3 Å². The molecule has 0 aromatic heterocycles. The lowest BCUT2D eigenvalue weighted by Gasteiger charge is -2.24. The molecule has 0 aliphatic rings. The van der Waals surface area contributed by atoms with E-state index in [9.17, 15) is 31.1 Å². The van der Waals surface area contributed by atoms with Crippen molar-refractivity contribution in [2.75, 3.05) is 6.61 Å². The molecule has 0 spiro atoms. The highest BCUT2D eigenvalue weighted by atomic mass is 19.4. The number of carbonyl (C=O) groups is 1. The SMILES string of the molecule is CC(C)(C)C(=O)COC(C(F)(F)F)C(F)(F)F. The Labute approximate surface area is 93.9 Å². The van der Waals surface area contributed by atoms with Crippen LogP contribution in [0.5, 0.6) is 0 Å². The van der Waals surface area contributed by atoms with Gasteiger partial charge in [-0.05, 0) is 0 Å². The summed E-state index contributed by atoms with van der Waals surface area (Å²) in [6.07, 6.45) is -15.1. The Kier molecular flexibility index (Phi) is 4.61. The maximum absolute atomic E-state index is 12.0. The van der Waals surface area contributed by atoms with Crippen LogP contribution in [0.2, 0.25) is 0 Å². The van der Waals surface area contributed by atoms with E-state index in [0.717, 1.165) is 0 Å². The van der Waals surface area contributed by atoms with Crippen LogP contribution >= 0.6 is 0 Å². The molecule has 0 N–H and O–H groups in total. The third kappa shape index (κ3) is 5.38. The van der Waals surface area contributed by atoms with Crippen LogP contribution in [0.25, 0.3) is 0 Å². The summed E-state index contributed by atoms with van der Waals surface area (Å²) in [5, 5.41) is 0. The molecule has 0 rings (SSSR count). The molecule has 0 unspecified atom stereocenters. The number of rotatable bonds is 3. The molecule has 102 valence electrons. The summed E-state index contributed by atoms with van der Waals surface area (Å²) in [5.74, 6) is -0.837. The number of ketones is 1. The summed E-state index contributed by atoms with van der Waals surface area (Å²) in [4.78, 5) is 11.2. The summed E-state index contributed by atoms with van der Waals surface area (Å²) in [6, 6.07) is 0. The fourth-order valence-electron chi connectivity index (χ4n) is 0.750. The third-order valence-electron chi connectivity index (χ3n) is 1.81. The summed E-state index contributed by atoms with van der Waals surface area (Å²) in [5.41, 5.74) is -1.05. The van der Waals surface area contributed by atoms with Crippen LogP contribution in [0.15, 0.2) is 0 Å². The van der Waals surface area contributed by atoms with Crippen LogP contribution in [-0.4, -0.2) is 30.8 Å². The molecular formula is C9H12F6O2. The van der Waals surface area contributed by atoms with Gasteiger partial charge in [0.1, 0.15) is 6.61 Å². The number of alkyl halides is 6. The van der Waals surface area contributed by atoms with Gasteiger partial charge in [0, 0.05) is 5.41 Å². The van der Waals surface area contributed by atoms with E-state index < -0.39 is 36.3 Å². The van der Waals surface area contributed by atoms with Crippen molar-refractivity contribution < 1.29 is 35.9 Å². The highest BCUT2D eigenvalue weighted by Crippen LogP contribution is 2.35. The predicted molar refractivity (Wildman–Crippen MR) is 46.3 cm³/mol. The lowest BCUT2D eigenvalue weighted by atomic mass is 9.91. The first-order valence-electron chi connectivity index (χ1n) is 4.54. The topological polar surface area (TPSA) is 26.3 Å². The predicted octanol–water partition coefficient (Wildman–Crippen LogP) is 3.11. The highest BCUT2D eigenvalue weighted by molar-refractivity contribution is 5.84. The average Bonchev–Trinajstić information content (AvgIpc) is 1.96. The van der Waals surface area contributed by atoms with Crippen LogP contribution in [0, 0.1) is 5.41 Å². The quantitative estimate of drug-likeness (QED) is 0.734. The zero-order valence-corrected chi connectivity index (χ0v) is 9.37. The molecule has 0 saturated heterocycles. The molecule has 0 aliphatic heterocycles. The van der Waals surface area contributed by atoms with Gasteiger partial charge >= 0.3 is 12.4 Å². The van der Waals surface area contributed by atoms with Crippen LogP contribution in [0.1, 0.15) is 20.8 Å². The Hall–Kier alpha value is -0.790. The van der Waals surface area contributed by atoms with Gasteiger partial charge in [0.25, 0.3) is 0 Å². The molecule has 0 fully saturated rings. The first-order valence-corrected chi connectivity index (χ1v) is 4.54. The van der Waals surface area contributed by atoms with Gasteiger partial charge in [-0.1, -0.05) is 20.8 Å². The minimum Gasteiger partial charge on any atom is -0.353 e. The Balaban J connectivity index is 4.67. The number of halogens is 6. The molecule has 17 heavy (non-hydrogen) atoms. The normalized spacial score (nSPS) is 14.2. The molecule has 0 amide bonds. The molecule has 0 heterocycles. The van der Waals surface area contributed by atoms with Crippen LogP contribution < -0.4 is 0 Å². The minimum absolute atomic E-state index is 0.837. The van der Waals surface area contributed by atoms with E-state index in [1.807, 2.05) is 0 Å². The van der Waals surface area contributed by atoms with Crippen molar-refractivity contribution in [2.45, 2.75) is 39.2 Å². The van der Waals surface area contributed by atoms with Crippen molar-refractivity contribution in [3.8, 4) is 0 Å². The van der Waals surface area contributed by atoms with Crippen LogP contribution in [0.4, 0.5) is 26.3 Å². The monoisotopic (exact) mass is 266 g/mol. The maximum Gasteiger partial charge on any atom is 0.423 e. The Morgan fingerprint density at radius 1 is 1.00 bits per heavy atom. The van der Waals surface area contributed by atoms with Gasteiger partial charge in [0.2, 0.25) is 6.10 Å². The number of carbonyl (C=O) groups excluding carboxylic acids is 1. The number of ether oxygens (including phenoxy) is 1. The summed E-state index contributed by atoms with van der Waals surface area (Å²) in [6.45, 7) is 2.88. The van der Waals surface area contributed by atoms with Gasteiger partial charge < -0.3 is 4.74 Å². The summed E-state index contributed by atoms with van der Waals surface area (Å²) >= 11 is 0. The second-order valence-electron chi connectivity index (χ2n) is 4.45. The van der Waals surface area contributed by atoms with Gasteiger partial charge in [-0.25, -0.2) is 0 Å². The van der Waals surface area contributed by atoms with Crippen LogP contribution in [0.3, 0.4) is 0 Å². The molecular weight excluding hydrogens is 254 g/mol. The fraction of sp³-hybridized carbons (Fsp3) is 0.889. The molecule has 0 aliphatic carbocycles. The summed E-state index contributed by atoms with van der Waals surface area (Å²) < 4.78 is 75.7. The van der Waals surface area contributed by atoms with E-state index >= 15 is 0 Å². The largest absolute Gasteiger partial charge is 0.423 e. The van der Waals surface area contributed by atoms with Gasteiger partial charge in [0.05, 0.1) is 0 Å². The molecule has 0 aromatic rings. The number of Topliss-reactive ketones (excluding diaryl/α,β-unsaturated/α-hetero) is 1. The molecule has 0 radical (unpaired) electrons. The van der Waals surface area contributed by atoms with E-state index in [-0.39, 0.29) is 0 Å². The third-order valence-corrected chi connectivity index (χ3v) is 1.81. The second kappa shape index (κ2) is 4.83. The van der Waals surface area contributed by atoms with E-state index in [4.69, 9.17) is 0 Å². The molecule has 0 bridgehead atoms. The van der Waals surface area contributed by atoms with E-state index in [2.05, 4.69) is 4.74 Å². The lowest BCUT2D eigenvalue weighted by molar-refractivity contribution is -0.320. The van der Waals surface area contributed by atoms with Gasteiger partial charge in [-0.15, -0.1) is 0 Å². The zero-order valence-electron chi connectivity index (χ0n) is 9.37. The molecule has 2 nitrogen and oxygen atoms in total. The molecule has 0 aromatic carbocycles. The summed E-state index contributed by atoms with van der Waals surface area (Å²) in [7, 11) is 0. The zero-order chi connectivity index (χ0) is 14.1. The van der Waals surface area contributed by atoms with Crippen molar-refractivity contribution in [3.63, 3.8) is 0 Å². The molecule has 8 heteroatoms. The minimum atomic E-state index is -5.59. The van der Waals surface area contributed by atoms with E-state index in [1.54, 1.807) is 0 Å². The molecule has 0 atom stereocenters. The van der Waals surface area contributed by atoms with Crippen molar-refractivity contribution in [1.29, 1.82) is 0 Å². The highest BCUT2D eigenvalue weighted by Gasteiger charge is 2.58. The van der Waals surface area contributed by atoms with Crippen molar-refractivity contribution >= 4 is 5.78 Å². The van der Waals surface area contributed by atoms with E-state index in [0.29, 0.717) is 0 Å². The Morgan fingerprint density at radius 3 is 1.59 bits per heavy atom. The maximum atomic E-state index is 12.0. The fourth-order valence-corrected chi connectivity index (χ4v) is 0.750. The Morgan fingerprint density at radius 2 is 1.35 bits per heavy atom. The smallest absolute Gasteiger partial charge is 0.353 e. The van der Waals surface area contributed by atoms with Gasteiger partial charge in [-0.3, -0.25) is 4.79 Å². The lowest BCUT2D eigenvalue weighted by Crippen LogP contribution is -2.45. The van der Waals surface area contributed by atoms with Gasteiger partial charge in [0.15, 0.2) is 5.78 Å². The Bertz CT molecular complexity index is 259. The van der Waals surface area contributed by atoms with Crippen molar-refractivity contribution in [3.05, 3.63) is 0 Å². The molecule has 0 saturated carbocycles. The van der Waals surface area contributed by atoms with Crippen LogP contribution in [-0.2, 0) is 9.53 Å². The van der Waals surface area contributed by atoms with Crippen molar-refractivity contribution in [2.24, 2.45) is 5.41 Å². The number of hydrogen-bond acceptors (Lipinski definition) is 2. The first kappa shape index (κ1) is 16.2. The standard InChI is InChI=1S/C9H12F6O2/c1-7(2,3)5(16)4-17-6(8(10,11)12)9(13,14)15/h6H,4H2,1-3H3.